The van der Waals surface area contributed by atoms with Gasteiger partial charge in [-0.05, 0) is 29.7 Å². The molecule has 0 bridgehead atoms. The summed E-state index contributed by atoms with van der Waals surface area (Å²) in [4.78, 5) is 21.3. The Morgan fingerprint density at radius 2 is 1.74 bits per heavy atom. The molecule has 2 aromatic heterocycles. The summed E-state index contributed by atoms with van der Waals surface area (Å²) in [6, 6.07) is 21.3. The lowest BCUT2D eigenvalue weighted by molar-refractivity contribution is 0.102. The van der Waals surface area contributed by atoms with E-state index in [9.17, 15) is 15.2 Å². The first kappa shape index (κ1) is 21.4. The van der Waals surface area contributed by atoms with Crippen LogP contribution in [-0.2, 0) is 0 Å². The highest BCUT2D eigenvalue weighted by molar-refractivity contribution is 6.11. The molecule has 168 valence electrons. The summed E-state index contributed by atoms with van der Waals surface area (Å²) < 4.78 is 1.27. The van der Waals surface area contributed by atoms with Crippen molar-refractivity contribution < 1.29 is 9.90 Å². The van der Waals surface area contributed by atoms with E-state index in [-0.39, 0.29) is 34.3 Å². The number of hydrogen-bond donors (Lipinski definition) is 2. The van der Waals surface area contributed by atoms with Gasteiger partial charge in [0.05, 0.1) is 11.8 Å². The average molecular weight is 460 g/mol. The number of azo groups is 1. The molecule has 1 amide bonds. The highest BCUT2D eigenvalue weighted by atomic mass is 16.3. The Morgan fingerprint density at radius 1 is 1.00 bits per heavy atom. The van der Waals surface area contributed by atoms with Gasteiger partial charge >= 0.3 is 0 Å². The first-order valence-electron chi connectivity index (χ1n) is 10.4. The second kappa shape index (κ2) is 9.21. The predicted molar refractivity (Wildman–Crippen MR) is 128 cm³/mol. The number of rotatable bonds is 5. The molecule has 0 atom stereocenters. The molecular formula is C25H16N8O2. The van der Waals surface area contributed by atoms with Gasteiger partial charge in [-0.1, -0.05) is 42.5 Å². The van der Waals surface area contributed by atoms with Crippen LogP contribution in [0.25, 0.3) is 16.7 Å². The van der Waals surface area contributed by atoms with Gasteiger partial charge in [-0.3, -0.25) is 4.79 Å². The molecule has 35 heavy (non-hydrogen) atoms. The van der Waals surface area contributed by atoms with E-state index >= 15 is 0 Å². The number of aromatic nitrogens is 4. The lowest BCUT2D eigenvalue weighted by Crippen LogP contribution is -2.12. The van der Waals surface area contributed by atoms with E-state index in [0.717, 1.165) is 0 Å². The van der Waals surface area contributed by atoms with E-state index in [4.69, 9.17) is 0 Å². The molecule has 5 aromatic rings. The summed E-state index contributed by atoms with van der Waals surface area (Å²) in [5, 5.41) is 37.2. The minimum absolute atomic E-state index is 0.0295. The van der Waals surface area contributed by atoms with Gasteiger partial charge in [-0.25, -0.2) is 9.97 Å². The number of anilines is 1. The highest BCUT2D eigenvalue weighted by Crippen LogP contribution is 2.40. The highest BCUT2D eigenvalue weighted by Gasteiger charge is 2.20. The number of phenols is 1. The SMILES string of the molecule is N#Cc1cnn(-c2ncccn2)c1/N=N/c1c(O)c(C(=O)Nc2ccccc2)cc2ccccc12. The number of amides is 1. The van der Waals surface area contributed by atoms with Crippen LogP contribution < -0.4 is 5.32 Å². The molecule has 0 radical (unpaired) electrons. The Morgan fingerprint density at radius 3 is 2.51 bits per heavy atom. The largest absolute Gasteiger partial charge is 0.505 e. The molecule has 2 heterocycles. The van der Waals surface area contributed by atoms with Crippen molar-refractivity contribution in [3.63, 3.8) is 0 Å². The molecule has 10 nitrogen and oxygen atoms in total. The van der Waals surface area contributed by atoms with Gasteiger partial charge in [0.25, 0.3) is 11.9 Å². The van der Waals surface area contributed by atoms with Crippen LogP contribution in [-0.4, -0.2) is 30.8 Å². The summed E-state index contributed by atoms with van der Waals surface area (Å²) >= 11 is 0. The molecule has 0 saturated heterocycles. The standard InChI is InChI=1S/C25H16N8O2/c26-14-17-15-29-33(25-27-11-6-12-28-25)23(17)32-31-21-19-10-5-4-7-16(19)13-20(22(21)34)24(35)30-18-8-2-1-3-9-18/h1-13,15,34H,(H,30,35)/b32-31+. The molecule has 0 unspecified atom stereocenters. The molecule has 2 N–H and O–H groups in total. The van der Waals surface area contributed by atoms with Gasteiger partial charge in [-0.2, -0.15) is 15.0 Å². The molecule has 5 rings (SSSR count). The fraction of sp³-hybridized carbons (Fsp3) is 0. The molecule has 0 saturated carbocycles. The van der Waals surface area contributed by atoms with Gasteiger partial charge in [0.15, 0.2) is 11.6 Å². The van der Waals surface area contributed by atoms with Crippen molar-refractivity contribution in [1.29, 1.82) is 5.26 Å². The smallest absolute Gasteiger partial charge is 0.259 e. The summed E-state index contributed by atoms with van der Waals surface area (Å²) in [7, 11) is 0. The van der Waals surface area contributed by atoms with Crippen LogP contribution >= 0.6 is 0 Å². The Balaban J connectivity index is 1.61. The zero-order valence-electron chi connectivity index (χ0n) is 18.1. The van der Waals surface area contributed by atoms with Crippen LogP contribution in [0, 0.1) is 11.3 Å². The first-order chi connectivity index (χ1) is 17.2. The van der Waals surface area contributed by atoms with Crippen molar-refractivity contribution in [2.24, 2.45) is 10.2 Å². The number of phenolic OH excluding ortho intramolecular Hbond substituents is 1. The summed E-state index contributed by atoms with van der Waals surface area (Å²) in [5.41, 5.74) is 0.829. The molecule has 0 aliphatic heterocycles. The molecule has 0 aliphatic carbocycles. The maximum atomic E-state index is 13.0. The van der Waals surface area contributed by atoms with E-state index in [1.54, 1.807) is 54.6 Å². The van der Waals surface area contributed by atoms with Crippen molar-refractivity contribution in [2.45, 2.75) is 0 Å². The second-order valence-corrected chi connectivity index (χ2v) is 7.32. The number of fused-ring (bicyclic) bond motifs is 1. The van der Waals surface area contributed by atoms with E-state index in [1.807, 2.05) is 18.2 Å². The van der Waals surface area contributed by atoms with Crippen LogP contribution in [0.15, 0.2) is 95.5 Å². The zero-order chi connectivity index (χ0) is 24.2. The van der Waals surface area contributed by atoms with Gasteiger partial charge in [0.1, 0.15) is 17.3 Å². The minimum atomic E-state index is -0.503. The lowest BCUT2D eigenvalue weighted by Gasteiger charge is -2.11. The molecule has 3 aromatic carbocycles. The Labute approximate surface area is 198 Å². The lowest BCUT2D eigenvalue weighted by atomic mass is 10.0. The Kier molecular flexibility index (Phi) is 5.63. The van der Waals surface area contributed by atoms with E-state index in [2.05, 4.69) is 30.6 Å². The maximum absolute atomic E-state index is 13.0. The summed E-state index contributed by atoms with van der Waals surface area (Å²) in [6.45, 7) is 0. The number of nitriles is 1. The zero-order valence-corrected chi connectivity index (χ0v) is 18.1. The second-order valence-electron chi connectivity index (χ2n) is 7.32. The molecule has 0 aliphatic rings. The van der Waals surface area contributed by atoms with Crippen molar-refractivity contribution >= 4 is 33.9 Å². The number of nitrogens with one attached hydrogen (secondary N) is 1. The normalized spacial score (nSPS) is 10.9. The van der Waals surface area contributed by atoms with Crippen molar-refractivity contribution in [3.8, 4) is 17.8 Å². The van der Waals surface area contributed by atoms with Gasteiger partial charge in [0, 0.05) is 23.5 Å². The summed E-state index contributed by atoms with van der Waals surface area (Å²) in [5.74, 6) is -0.563. The fourth-order valence-corrected chi connectivity index (χ4v) is 3.47. The number of aromatic hydroxyl groups is 1. The topological polar surface area (TPSA) is 141 Å². The van der Waals surface area contributed by atoms with Crippen LogP contribution in [0.1, 0.15) is 15.9 Å². The van der Waals surface area contributed by atoms with Crippen LogP contribution in [0.2, 0.25) is 0 Å². The van der Waals surface area contributed by atoms with Crippen LogP contribution in [0.3, 0.4) is 0 Å². The Bertz CT molecular complexity index is 1610. The first-order valence-corrected chi connectivity index (χ1v) is 10.4. The number of carbonyl (C=O) groups is 1. The predicted octanol–water partition coefficient (Wildman–Crippen LogP) is 5.06. The van der Waals surface area contributed by atoms with E-state index < -0.39 is 5.91 Å². The van der Waals surface area contributed by atoms with Gasteiger partial charge < -0.3 is 10.4 Å². The van der Waals surface area contributed by atoms with Crippen LogP contribution in [0.5, 0.6) is 5.75 Å². The van der Waals surface area contributed by atoms with Crippen LogP contribution in [0.4, 0.5) is 17.2 Å². The molecule has 0 fully saturated rings. The quantitative estimate of drug-likeness (QED) is 0.351. The third-order valence-corrected chi connectivity index (χ3v) is 5.12. The number of benzene rings is 3. The third-order valence-electron chi connectivity index (χ3n) is 5.12. The minimum Gasteiger partial charge on any atom is -0.505 e. The fourth-order valence-electron chi connectivity index (χ4n) is 3.47. The van der Waals surface area contributed by atoms with E-state index in [1.165, 1.54) is 23.3 Å². The number of carbonyl (C=O) groups excluding carboxylic acids is 1. The van der Waals surface area contributed by atoms with Crippen molar-refractivity contribution in [1.82, 2.24) is 19.7 Å². The van der Waals surface area contributed by atoms with Gasteiger partial charge in [-0.15, -0.1) is 10.2 Å². The average Bonchev–Trinajstić information content (AvgIpc) is 3.32. The van der Waals surface area contributed by atoms with Gasteiger partial charge in [0.2, 0.25) is 0 Å². The Hall–Kier alpha value is -5.43. The molecular weight excluding hydrogens is 444 g/mol. The van der Waals surface area contributed by atoms with E-state index in [0.29, 0.717) is 16.5 Å². The van der Waals surface area contributed by atoms with Crippen molar-refractivity contribution in [2.75, 3.05) is 5.32 Å². The number of nitrogens with zero attached hydrogens (tertiary/aromatic N) is 7. The maximum Gasteiger partial charge on any atom is 0.259 e. The monoisotopic (exact) mass is 460 g/mol. The third kappa shape index (κ3) is 4.17. The number of hydrogen-bond acceptors (Lipinski definition) is 8. The van der Waals surface area contributed by atoms with Crippen molar-refractivity contribution in [3.05, 3.63) is 96.4 Å². The number of para-hydroxylation sites is 1. The molecule has 10 heteroatoms. The summed E-state index contributed by atoms with van der Waals surface area (Å²) in [6.07, 6.45) is 4.39. The molecule has 0 spiro atoms.